The average Bonchev–Trinajstić information content (AvgIpc) is 3.91. The zero-order chi connectivity index (χ0) is 38.8. The van der Waals surface area contributed by atoms with Crippen LogP contribution in [-0.2, 0) is 32.0 Å². The van der Waals surface area contributed by atoms with Crippen molar-refractivity contribution in [3.05, 3.63) is 59.2 Å². The average molecular weight is 751 g/mol. The lowest BCUT2D eigenvalue weighted by Crippen LogP contribution is -2.47. The molecule has 0 spiro atoms. The van der Waals surface area contributed by atoms with Crippen molar-refractivity contribution in [1.82, 2.24) is 41.0 Å². The number of benzene rings is 2. The van der Waals surface area contributed by atoms with Crippen molar-refractivity contribution in [2.45, 2.75) is 75.9 Å². The Labute approximate surface area is 311 Å². The molecule has 16 heteroatoms. The second kappa shape index (κ2) is 16.2. The quantitative estimate of drug-likeness (QED) is 0.0994. The van der Waals surface area contributed by atoms with E-state index < -0.39 is 48.0 Å². The van der Waals surface area contributed by atoms with Gasteiger partial charge in [-0.05, 0) is 101 Å². The number of amides is 4. The van der Waals surface area contributed by atoms with E-state index in [1.165, 1.54) is 24.3 Å². The molecule has 2 aromatic carbocycles. The number of halogens is 2. The number of rotatable bonds is 13. The Hall–Kier alpha value is -4.90. The van der Waals surface area contributed by atoms with Crippen LogP contribution in [0.3, 0.4) is 0 Å². The molecule has 2 aromatic heterocycles. The van der Waals surface area contributed by atoms with Gasteiger partial charge in [0.25, 0.3) is 0 Å². The van der Waals surface area contributed by atoms with Gasteiger partial charge in [0.1, 0.15) is 11.6 Å². The van der Waals surface area contributed by atoms with Crippen LogP contribution in [0.5, 0.6) is 0 Å². The maximum atomic E-state index is 14.6. The molecular weight excluding hydrogens is 702 g/mol. The van der Waals surface area contributed by atoms with Crippen molar-refractivity contribution >= 4 is 45.4 Å². The SMILES string of the molecule is CN[C@@H](C)C(=O)NCC(=O)N1C[C@@H](O)C[C@H]1Cc1c(-c2[nH]c3cc(F)ccc3c2C[C@@H]2C[C@H](O)CN2C(=O)CNC(=O)[C@H](C)NC)[nH]c2cc(F)ccc12. The number of β-amino-alcohol motifs (C(OH)–C–C–N with tert-alkyl or cyclic N) is 2. The highest BCUT2D eigenvalue weighted by molar-refractivity contribution is 5.96. The number of nitrogens with one attached hydrogen (secondary N) is 6. The summed E-state index contributed by atoms with van der Waals surface area (Å²) in [5.74, 6) is -2.33. The highest BCUT2D eigenvalue weighted by Crippen LogP contribution is 2.39. The Morgan fingerprint density at radius 2 is 1.11 bits per heavy atom. The van der Waals surface area contributed by atoms with Crippen molar-refractivity contribution < 1.29 is 38.2 Å². The normalized spacial score (nSPS) is 21.2. The molecule has 4 amide bonds. The summed E-state index contributed by atoms with van der Waals surface area (Å²) < 4.78 is 29.3. The van der Waals surface area contributed by atoms with E-state index >= 15 is 0 Å². The zero-order valence-corrected chi connectivity index (χ0v) is 30.8. The fourth-order valence-corrected chi connectivity index (χ4v) is 7.66. The van der Waals surface area contributed by atoms with Gasteiger partial charge in [-0.25, -0.2) is 8.78 Å². The molecule has 0 bridgehead atoms. The van der Waals surface area contributed by atoms with Gasteiger partial charge in [0, 0.05) is 47.0 Å². The van der Waals surface area contributed by atoms with Crippen LogP contribution in [0.15, 0.2) is 36.4 Å². The number of likely N-dealkylation sites (tertiary alicyclic amines) is 2. The lowest BCUT2D eigenvalue weighted by atomic mass is 9.95. The first kappa shape index (κ1) is 38.8. The molecule has 2 fully saturated rings. The third-order valence-corrected chi connectivity index (χ3v) is 10.8. The van der Waals surface area contributed by atoms with E-state index in [1.54, 1.807) is 49.9 Å². The predicted molar refractivity (Wildman–Crippen MR) is 198 cm³/mol. The van der Waals surface area contributed by atoms with E-state index in [1.807, 2.05) is 0 Å². The Kier molecular flexibility index (Phi) is 11.7. The maximum absolute atomic E-state index is 14.6. The molecule has 2 aliphatic heterocycles. The first-order valence-corrected chi connectivity index (χ1v) is 18.2. The van der Waals surface area contributed by atoms with Crippen LogP contribution < -0.4 is 21.3 Å². The summed E-state index contributed by atoms with van der Waals surface area (Å²) in [7, 11) is 3.28. The van der Waals surface area contributed by atoms with E-state index in [-0.39, 0.29) is 75.5 Å². The summed E-state index contributed by atoms with van der Waals surface area (Å²) in [5.41, 5.74) is 3.56. The van der Waals surface area contributed by atoms with E-state index in [9.17, 15) is 38.2 Å². The van der Waals surface area contributed by atoms with Crippen LogP contribution in [0.25, 0.3) is 33.2 Å². The first-order chi connectivity index (χ1) is 25.8. The molecule has 8 N–H and O–H groups in total. The smallest absolute Gasteiger partial charge is 0.242 e. The number of aliphatic hydroxyl groups is 2. The molecule has 6 atom stereocenters. The predicted octanol–water partition coefficient (Wildman–Crippen LogP) is 1.05. The Morgan fingerprint density at radius 1 is 0.722 bits per heavy atom. The monoisotopic (exact) mass is 750 g/mol. The number of likely N-dealkylation sites (N-methyl/N-ethyl adjacent to an activating group) is 2. The van der Waals surface area contributed by atoms with Crippen molar-refractivity contribution in [1.29, 1.82) is 0 Å². The molecule has 6 rings (SSSR count). The lowest BCUT2D eigenvalue weighted by molar-refractivity contribution is -0.134. The first-order valence-electron chi connectivity index (χ1n) is 18.2. The van der Waals surface area contributed by atoms with Crippen LogP contribution in [0.4, 0.5) is 8.78 Å². The van der Waals surface area contributed by atoms with Gasteiger partial charge in [-0.1, -0.05) is 0 Å². The van der Waals surface area contributed by atoms with Crippen molar-refractivity contribution in [3.63, 3.8) is 0 Å². The second-order valence-electron chi connectivity index (χ2n) is 14.4. The number of aromatic amines is 2. The fourth-order valence-electron chi connectivity index (χ4n) is 7.66. The molecule has 2 saturated heterocycles. The van der Waals surface area contributed by atoms with Gasteiger partial charge in [0.05, 0.1) is 48.8 Å². The van der Waals surface area contributed by atoms with Gasteiger partial charge in [-0.3, -0.25) is 19.2 Å². The third-order valence-electron chi connectivity index (χ3n) is 10.8. The number of aliphatic hydroxyl groups excluding tert-OH is 2. The number of aromatic nitrogens is 2. The van der Waals surface area contributed by atoms with E-state index in [2.05, 4.69) is 31.2 Å². The van der Waals surface area contributed by atoms with Crippen LogP contribution in [0, 0.1) is 11.6 Å². The molecule has 0 radical (unpaired) electrons. The van der Waals surface area contributed by atoms with Gasteiger partial charge in [-0.2, -0.15) is 0 Å². The topological polar surface area (TPSA) is 195 Å². The number of nitrogens with zero attached hydrogens (tertiary/aromatic N) is 2. The number of carbonyl (C=O) groups is 4. The van der Waals surface area contributed by atoms with Gasteiger partial charge in [0.2, 0.25) is 23.6 Å². The minimum Gasteiger partial charge on any atom is -0.391 e. The maximum Gasteiger partial charge on any atom is 0.242 e. The molecule has 54 heavy (non-hydrogen) atoms. The summed E-state index contributed by atoms with van der Waals surface area (Å²) in [6.07, 6.45) is -0.549. The molecule has 4 heterocycles. The molecule has 0 saturated carbocycles. The summed E-state index contributed by atoms with van der Waals surface area (Å²) in [6, 6.07) is 6.76. The fraction of sp³-hybridized carbons (Fsp3) is 0.474. The zero-order valence-electron chi connectivity index (χ0n) is 30.8. The summed E-state index contributed by atoms with van der Waals surface area (Å²) in [6.45, 7) is 3.00. The van der Waals surface area contributed by atoms with Crippen molar-refractivity contribution in [3.8, 4) is 11.4 Å². The minimum atomic E-state index is -0.799. The lowest BCUT2D eigenvalue weighted by Gasteiger charge is -2.26. The Balaban J connectivity index is 1.36. The van der Waals surface area contributed by atoms with E-state index in [0.29, 0.717) is 33.2 Å². The largest absolute Gasteiger partial charge is 0.391 e. The van der Waals surface area contributed by atoms with Gasteiger partial charge < -0.3 is 51.2 Å². The van der Waals surface area contributed by atoms with Gasteiger partial charge in [0.15, 0.2) is 0 Å². The van der Waals surface area contributed by atoms with E-state index in [0.717, 1.165) is 11.1 Å². The Morgan fingerprint density at radius 3 is 1.48 bits per heavy atom. The highest BCUT2D eigenvalue weighted by atomic mass is 19.1. The molecule has 14 nitrogen and oxygen atoms in total. The highest BCUT2D eigenvalue weighted by Gasteiger charge is 2.38. The minimum absolute atomic E-state index is 0.0758. The summed E-state index contributed by atoms with van der Waals surface area (Å²) in [5, 5.41) is 33.8. The number of hydrogen-bond donors (Lipinski definition) is 8. The van der Waals surface area contributed by atoms with Gasteiger partial charge in [-0.15, -0.1) is 0 Å². The number of H-pyrrole nitrogens is 2. The van der Waals surface area contributed by atoms with Crippen LogP contribution in [-0.4, -0.2) is 130 Å². The summed E-state index contributed by atoms with van der Waals surface area (Å²) >= 11 is 0. The Bertz CT molecular complexity index is 1910. The van der Waals surface area contributed by atoms with Crippen molar-refractivity contribution in [2.24, 2.45) is 0 Å². The van der Waals surface area contributed by atoms with Crippen molar-refractivity contribution in [2.75, 3.05) is 40.3 Å². The molecule has 290 valence electrons. The standard InChI is InChI=1S/C38H48F2N8O6/c1-19(41-3)37(53)43-15-33(51)47-17-25(49)11-23(47)13-29-27-7-5-21(39)9-31(27)45-35(29)36-30(28-8-6-22(40)10-32(28)46-36)14-24-12-26(50)18-48(24)34(52)16-44-38(54)20(2)42-4/h5-10,19-20,23-26,41-42,45-46,49-50H,11-18H2,1-4H3,(H,43,53)(H,44,54)/t19-,20-,23-,24-,25-,26-/m0/s1. The third kappa shape index (κ3) is 8.11. The molecular formula is C38H48F2N8O6. The van der Waals surface area contributed by atoms with Gasteiger partial charge >= 0.3 is 0 Å². The van der Waals surface area contributed by atoms with Crippen LogP contribution in [0.2, 0.25) is 0 Å². The molecule has 2 aliphatic rings. The van der Waals surface area contributed by atoms with E-state index in [4.69, 9.17) is 0 Å². The number of hydrogen-bond acceptors (Lipinski definition) is 8. The second-order valence-corrected chi connectivity index (χ2v) is 14.4. The molecule has 4 aromatic rings. The number of fused-ring (bicyclic) bond motifs is 2. The molecule has 0 unspecified atom stereocenters. The van der Waals surface area contributed by atoms with Crippen LogP contribution >= 0.6 is 0 Å². The number of carbonyl (C=O) groups excluding carboxylic acids is 4. The van der Waals surface area contributed by atoms with Crippen LogP contribution in [0.1, 0.15) is 37.8 Å². The summed E-state index contributed by atoms with van der Waals surface area (Å²) in [4.78, 5) is 61.5. The molecule has 0 aliphatic carbocycles.